The van der Waals surface area contributed by atoms with Crippen molar-refractivity contribution in [3.63, 3.8) is 0 Å². The largest absolute Gasteiger partial charge is 0.466 e. The zero-order valence-electron chi connectivity index (χ0n) is 9.48. The molecule has 1 saturated heterocycles. The van der Waals surface area contributed by atoms with Crippen LogP contribution in [-0.2, 0) is 19.1 Å². The topological polar surface area (TPSA) is 55.8 Å². The van der Waals surface area contributed by atoms with Crippen molar-refractivity contribution >= 4 is 11.9 Å². The van der Waals surface area contributed by atoms with E-state index in [2.05, 4.69) is 9.64 Å². The van der Waals surface area contributed by atoms with E-state index >= 15 is 0 Å². The molecule has 0 amide bonds. The summed E-state index contributed by atoms with van der Waals surface area (Å²) in [5.41, 5.74) is 0. The third-order valence-electron chi connectivity index (χ3n) is 2.41. The molecule has 5 heteroatoms. The first kappa shape index (κ1) is 12.7. The van der Waals surface area contributed by atoms with E-state index < -0.39 is 11.9 Å². The predicted octanol–water partition coefficient (Wildman–Crippen LogP) is 0.355. The molecule has 0 aromatic rings. The molecule has 1 heterocycles. The van der Waals surface area contributed by atoms with Crippen LogP contribution in [0.2, 0.25) is 0 Å². The van der Waals surface area contributed by atoms with Crippen LogP contribution in [0.25, 0.3) is 0 Å². The van der Waals surface area contributed by atoms with Crippen LogP contribution in [0.3, 0.4) is 0 Å². The highest BCUT2D eigenvalue weighted by Crippen LogP contribution is 2.05. The van der Waals surface area contributed by atoms with Crippen LogP contribution in [0.15, 0.2) is 12.2 Å². The van der Waals surface area contributed by atoms with Gasteiger partial charge in [0.2, 0.25) is 0 Å². The smallest absolute Gasteiger partial charge is 0.331 e. The van der Waals surface area contributed by atoms with Crippen LogP contribution in [0.1, 0.15) is 12.8 Å². The summed E-state index contributed by atoms with van der Waals surface area (Å²) in [6.45, 7) is 3.28. The van der Waals surface area contributed by atoms with E-state index in [0.717, 1.165) is 31.8 Å². The SMILES string of the molecule is COC(=O)C=CC(=O)OCCN1CCCC1. The third-order valence-corrected chi connectivity index (χ3v) is 2.41. The molecule has 5 nitrogen and oxygen atoms in total. The number of ether oxygens (including phenoxy) is 2. The first-order valence-corrected chi connectivity index (χ1v) is 5.37. The molecule has 0 aromatic carbocycles. The molecule has 0 saturated carbocycles. The van der Waals surface area contributed by atoms with Crippen molar-refractivity contribution in [1.82, 2.24) is 4.90 Å². The van der Waals surface area contributed by atoms with Crippen LogP contribution in [0.5, 0.6) is 0 Å². The van der Waals surface area contributed by atoms with Gasteiger partial charge in [0.1, 0.15) is 6.61 Å². The van der Waals surface area contributed by atoms with Crippen LogP contribution >= 0.6 is 0 Å². The maximum atomic E-state index is 11.1. The minimum absolute atomic E-state index is 0.365. The number of esters is 2. The summed E-state index contributed by atoms with van der Waals surface area (Å²) >= 11 is 0. The Hall–Kier alpha value is -1.36. The monoisotopic (exact) mass is 227 g/mol. The molecule has 1 aliphatic rings. The Morgan fingerprint density at radius 1 is 1.19 bits per heavy atom. The number of nitrogens with zero attached hydrogens (tertiary/aromatic N) is 1. The normalized spacial score (nSPS) is 16.6. The second-order valence-corrected chi connectivity index (χ2v) is 3.57. The molecule has 0 radical (unpaired) electrons. The summed E-state index contributed by atoms with van der Waals surface area (Å²) in [4.78, 5) is 24.0. The molecule has 0 aromatic heterocycles. The van der Waals surface area contributed by atoms with E-state index in [4.69, 9.17) is 4.74 Å². The van der Waals surface area contributed by atoms with Crippen molar-refractivity contribution in [2.24, 2.45) is 0 Å². The maximum absolute atomic E-state index is 11.1. The van der Waals surface area contributed by atoms with Gasteiger partial charge in [0.25, 0.3) is 0 Å². The number of methoxy groups -OCH3 is 1. The number of carbonyl (C=O) groups excluding carboxylic acids is 2. The molecule has 16 heavy (non-hydrogen) atoms. The van der Waals surface area contributed by atoms with E-state index in [1.54, 1.807) is 0 Å². The Morgan fingerprint density at radius 3 is 2.44 bits per heavy atom. The lowest BCUT2D eigenvalue weighted by atomic mass is 10.4. The first-order chi connectivity index (χ1) is 7.72. The predicted molar refractivity (Wildman–Crippen MR) is 57.8 cm³/mol. The average Bonchev–Trinajstić information content (AvgIpc) is 2.79. The lowest BCUT2D eigenvalue weighted by Gasteiger charge is -2.13. The molecule has 0 aliphatic carbocycles. The standard InChI is InChI=1S/C11H17NO4/c1-15-10(13)4-5-11(14)16-9-8-12-6-2-3-7-12/h4-5H,2-3,6-9H2,1H3. The highest BCUT2D eigenvalue weighted by Gasteiger charge is 2.11. The van der Waals surface area contributed by atoms with E-state index in [-0.39, 0.29) is 0 Å². The summed E-state index contributed by atoms with van der Waals surface area (Å²) in [5, 5.41) is 0. The molecule has 90 valence electrons. The van der Waals surface area contributed by atoms with Gasteiger partial charge in [0.15, 0.2) is 0 Å². The van der Waals surface area contributed by atoms with Crippen molar-refractivity contribution in [3.8, 4) is 0 Å². The van der Waals surface area contributed by atoms with Gasteiger partial charge in [-0.25, -0.2) is 9.59 Å². The fraction of sp³-hybridized carbons (Fsp3) is 0.636. The highest BCUT2D eigenvalue weighted by molar-refractivity contribution is 5.91. The van der Waals surface area contributed by atoms with Crippen LogP contribution in [-0.4, -0.2) is 50.2 Å². The van der Waals surface area contributed by atoms with Gasteiger partial charge in [-0.1, -0.05) is 0 Å². The Balaban J connectivity index is 2.10. The molecule has 1 rings (SSSR count). The summed E-state index contributed by atoms with van der Waals surface area (Å²) in [6.07, 6.45) is 4.57. The van der Waals surface area contributed by atoms with E-state index in [9.17, 15) is 9.59 Å². The third kappa shape index (κ3) is 4.93. The van der Waals surface area contributed by atoms with E-state index in [1.807, 2.05) is 0 Å². The fourth-order valence-electron chi connectivity index (χ4n) is 1.53. The first-order valence-electron chi connectivity index (χ1n) is 5.37. The van der Waals surface area contributed by atoms with Crippen LogP contribution in [0, 0.1) is 0 Å². The van der Waals surface area contributed by atoms with Crippen molar-refractivity contribution in [2.45, 2.75) is 12.8 Å². The van der Waals surface area contributed by atoms with Gasteiger partial charge >= 0.3 is 11.9 Å². The minimum atomic E-state index is -0.559. The van der Waals surface area contributed by atoms with E-state index in [0.29, 0.717) is 6.61 Å². The molecule has 0 spiro atoms. The summed E-state index contributed by atoms with van der Waals surface area (Å²) in [7, 11) is 1.26. The molecule has 0 unspecified atom stereocenters. The molecular formula is C11H17NO4. The van der Waals surface area contributed by atoms with Crippen molar-refractivity contribution in [3.05, 3.63) is 12.2 Å². The number of carbonyl (C=O) groups is 2. The lowest BCUT2D eigenvalue weighted by Crippen LogP contribution is -2.24. The number of likely N-dealkylation sites (tertiary alicyclic amines) is 1. The maximum Gasteiger partial charge on any atom is 0.331 e. The molecule has 1 aliphatic heterocycles. The Bertz CT molecular complexity index is 269. The van der Waals surface area contributed by atoms with Gasteiger partial charge in [-0.2, -0.15) is 0 Å². The van der Waals surface area contributed by atoms with Crippen molar-refractivity contribution in [1.29, 1.82) is 0 Å². The Kier molecular flexibility index (Phi) is 5.56. The second kappa shape index (κ2) is 7.00. The summed E-state index contributed by atoms with van der Waals surface area (Å²) in [6, 6.07) is 0. The molecule has 0 atom stereocenters. The lowest BCUT2D eigenvalue weighted by molar-refractivity contribution is -0.139. The van der Waals surface area contributed by atoms with Gasteiger partial charge in [-0.05, 0) is 25.9 Å². The highest BCUT2D eigenvalue weighted by atomic mass is 16.5. The Morgan fingerprint density at radius 2 is 1.81 bits per heavy atom. The fourth-order valence-corrected chi connectivity index (χ4v) is 1.53. The zero-order valence-corrected chi connectivity index (χ0v) is 9.48. The molecular weight excluding hydrogens is 210 g/mol. The second-order valence-electron chi connectivity index (χ2n) is 3.57. The summed E-state index contributed by atoms with van der Waals surface area (Å²) in [5.74, 6) is -1.07. The number of hydrogen-bond donors (Lipinski definition) is 0. The summed E-state index contributed by atoms with van der Waals surface area (Å²) < 4.78 is 9.27. The quantitative estimate of drug-likeness (QED) is 0.501. The zero-order chi connectivity index (χ0) is 11.8. The number of rotatable bonds is 5. The molecule has 0 N–H and O–H groups in total. The van der Waals surface area contributed by atoms with Crippen molar-refractivity contribution < 1.29 is 19.1 Å². The van der Waals surface area contributed by atoms with Gasteiger partial charge in [0.05, 0.1) is 7.11 Å². The van der Waals surface area contributed by atoms with Gasteiger partial charge < -0.3 is 9.47 Å². The van der Waals surface area contributed by atoms with Crippen molar-refractivity contribution in [2.75, 3.05) is 33.4 Å². The van der Waals surface area contributed by atoms with Crippen LogP contribution in [0.4, 0.5) is 0 Å². The minimum Gasteiger partial charge on any atom is -0.466 e. The van der Waals surface area contributed by atoms with Gasteiger partial charge in [-0.15, -0.1) is 0 Å². The van der Waals surface area contributed by atoms with E-state index in [1.165, 1.54) is 20.0 Å². The van der Waals surface area contributed by atoms with Gasteiger partial charge in [-0.3, -0.25) is 4.90 Å². The van der Waals surface area contributed by atoms with Crippen LogP contribution < -0.4 is 0 Å². The number of hydrogen-bond acceptors (Lipinski definition) is 5. The molecule has 0 bridgehead atoms. The Labute approximate surface area is 95.0 Å². The molecule has 1 fully saturated rings. The van der Waals surface area contributed by atoms with Gasteiger partial charge in [0, 0.05) is 18.7 Å². The average molecular weight is 227 g/mol.